The van der Waals surface area contributed by atoms with E-state index in [-0.39, 0.29) is 5.91 Å². The molecule has 0 aromatic carbocycles. The van der Waals surface area contributed by atoms with E-state index in [9.17, 15) is 4.79 Å². The zero-order valence-electron chi connectivity index (χ0n) is 9.65. The number of H-pyrrole nitrogens is 1. The first-order valence-corrected chi connectivity index (χ1v) is 6.00. The molecule has 0 unspecified atom stereocenters. The highest BCUT2D eigenvalue weighted by Crippen LogP contribution is 2.14. The molecule has 0 bridgehead atoms. The number of aromatic nitrogens is 2. The number of nitrogens with zero attached hydrogens (tertiary/aromatic N) is 2. The molecule has 0 fully saturated rings. The molecule has 18 heavy (non-hydrogen) atoms. The van der Waals surface area contributed by atoms with Crippen molar-refractivity contribution >= 4 is 22.4 Å². The van der Waals surface area contributed by atoms with Crippen molar-refractivity contribution in [1.82, 2.24) is 15.3 Å². The first kappa shape index (κ1) is 12.1. The number of carbonyl (C=O) groups is 1. The van der Waals surface area contributed by atoms with Crippen LogP contribution in [0, 0.1) is 18.3 Å². The molecule has 0 aliphatic rings. The van der Waals surface area contributed by atoms with Gasteiger partial charge in [-0.15, -0.1) is 11.3 Å². The molecule has 0 aliphatic carbocycles. The maximum absolute atomic E-state index is 11.8. The molecule has 6 nitrogen and oxygen atoms in total. The molecule has 7 heteroatoms. The van der Waals surface area contributed by atoms with Crippen molar-refractivity contribution < 1.29 is 4.79 Å². The standard InChI is InChI=1S/C11H11N5OS/c1-6-2-8(16-9(6)3-12)10(17)14-4-7-5-15-11(13)18-7/h2,5,16H,4H2,1H3,(H2,13,15)(H,14,17). The lowest BCUT2D eigenvalue weighted by atomic mass is 10.3. The van der Waals surface area contributed by atoms with Crippen LogP contribution in [-0.2, 0) is 6.54 Å². The fraction of sp³-hybridized carbons (Fsp3) is 0.182. The fourth-order valence-corrected chi connectivity index (χ4v) is 2.09. The second-order valence-corrected chi connectivity index (χ2v) is 4.85. The summed E-state index contributed by atoms with van der Waals surface area (Å²) < 4.78 is 0. The van der Waals surface area contributed by atoms with Crippen LogP contribution in [0.25, 0.3) is 0 Å². The van der Waals surface area contributed by atoms with Crippen molar-refractivity contribution in [3.8, 4) is 6.07 Å². The number of anilines is 1. The van der Waals surface area contributed by atoms with E-state index in [4.69, 9.17) is 11.0 Å². The third-order valence-corrected chi connectivity index (χ3v) is 3.19. The Balaban J connectivity index is 2.01. The third kappa shape index (κ3) is 2.49. The molecule has 0 saturated carbocycles. The van der Waals surface area contributed by atoms with E-state index in [1.807, 2.05) is 6.07 Å². The predicted octanol–water partition coefficient (Wildman–Crippen LogP) is 1.16. The van der Waals surface area contributed by atoms with Crippen molar-refractivity contribution in [1.29, 1.82) is 5.26 Å². The van der Waals surface area contributed by atoms with E-state index in [2.05, 4.69) is 15.3 Å². The molecular formula is C11H11N5OS. The van der Waals surface area contributed by atoms with Gasteiger partial charge >= 0.3 is 0 Å². The molecule has 0 aliphatic heterocycles. The average Bonchev–Trinajstić information content (AvgIpc) is 2.92. The van der Waals surface area contributed by atoms with Crippen molar-refractivity contribution in [2.75, 3.05) is 5.73 Å². The summed E-state index contributed by atoms with van der Waals surface area (Å²) in [6.07, 6.45) is 1.63. The maximum atomic E-state index is 11.8. The first-order valence-electron chi connectivity index (χ1n) is 5.18. The number of hydrogen-bond donors (Lipinski definition) is 3. The molecule has 2 aromatic rings. The van der Waals surface area contributed by atoms with E-state index in [0.717, 1.165) is 10.4 Å². The number of nitrogens with two attached hydrogens (primary N) is 1. The normalized spacial score (nSPS) is 10.0. The van der Waals surface area contributed by atoms with Crippen LogP contribution in [0.4, 0.5) is 5.13 Å². The first-order chi connectivity index (χ1) is 8.60. The van der Waals surface area contributed by atoms with E-state index in [0.29, 0.717) is 23.1 Å². The van der Waals surface area contributed by atoms with Gasteiger partial charge < -0.3 is 16.0 Å². The summed E-state index contributed by atoms with van der Waals surface area (Å²) in [6, 6.07) is 3.64. The quantitative estimate of drug-likeness (QED) is 0.770. The van der Waals surface area contributed by atoms with Crippen LogP contribution in [0.2, 0.25) is 0 Å². The molecule has 1 amide bonds. The van der Waals surface area contributed by atoms with Gasteiger partial charge in [-0.1, -0.05) is 0 Å². The number of aryl methyl sites for hydroxylation is 1. The summed E-state index contributed by atoms with van der Waals surface area (Å²) in [7, 11) is 0. The number of nitrogen functional groups attached to an aromatic ring is 1. The van der Waals surface area contributed by atoms with Gasteiger partial charge in [-0.25, -0.2) is 4.98 Å². The molecule has 2 heterocycles. The van der Waals surface area contributed by atoms with Crippen molar-refractivity contribution in [2.24, 2.45) is 0 Å². The monoisotopic (exact) mass is 261 g/mol. The third-order valence-electron chi connectivity index (χ3n) is 2.37. The summed E-state index contributed by atoms with van der Waals surface area (Å²) in [5.74, 6) is -0.258. The van der Waals surface area contributed by atoms with Crippen LogP contribution in [0.5, 0.6) is 0 Å². The van der Waals surface area contributed by atoms with Gasteiger partial charge in [0.25, 0.3) is 5.91 Å². The minimum Gasteiger partial charge on any atom is -0.375 e. The lowest BCUT2D eigenvalue weighted by Crippen LogP contribution is -2.22. The summed E-state index contributed by atoms with van der Waals surface area (Å²) in [5.41, 5.74) is 7.03. The van der Waals surface area contributed by atoms with Crippen LogP contribution in [-0.4, -0.2) is 15.9 Å². The Morgan fingerprint density at radius 3 is 3.06 bits per heavy atom. The highest BCUT2D eigenvalue weighted by Gasteiger charge is 2.11. The smallest absolute Gasteiger partial charge is 0.268 e. The highest BCUT2D eigenvalue weighted by atomic mass is 32.1. The molecule has 2 rings (SSSR count). The van der Waals surface area contributed by atoms with Gasteiger partial charge in [0.05, 0.1) is 6.54 Å². The molecular weight excluding hydrogens is 250 g/mol. The highest BCUT2D eigenvalue weighted by molar-refractivity contribution is 7.15. The summed E-state index contributed by atoms with van der Waals surface area (Å²) in [5, 5.41) is 12.0. The van der Waals surface area contributed by atoms with Gasteiger partial charge in [0.2, 0.25) is 0 Å². The molecule has 4 N–H and O–H groups in total. The minimum atomic E-state index is -0.258. The number of thiazole rings is 1. The van der Waals surface area contributed by atoms with E-state index in [1.54, 1.807) is 19.2 Å². The predicted molar refractivity (Wildman–Crippen MR) is 67.9 cm³/mol. The zero-order chi connectivity index (χ0) is 13.1. The minimum absolute atomic E-state index is 0.258. The summed E-state index contributed by atoms with van der Waals surface area (Å²) >= 11 is 1.33. The number of nitrogens with one attached hydrogen (secondary N) is 2. The maximum Gasteiger partial charge on any atom is 0.268 e. The molecule has 2 aromatic heterocycles. The van der Waals surface area contributed by atoms with Gasteiger partial charge in [-0.3, -0.25) is 4.79 Å². The second-order valence-electron chi connectivity index (χ2n) is 3.70. The average molecular weight is 261 g/mol. The van der Waals surface area contributed by atoms with Crippen LogP contribution < -0.4 is 11.1 Å². The van der Waals surface area contributed by atoms with Gasteiger partial charge in [0, 0.05) is 11.1 Å². The van der Waals surface area contributed by atoms with Crippen molar-refractivity contribution in [3.05, 3.63) is 34.1 Å². The SMILES string of the molecule is Cc1cc(C(=O)NCc2cnc(N)s2)[nH]c1C#N. The fourth-order valence-electron chi connectivity index (χ4n) is 1.46. The van der Waals surface area contributed by atoms with E-state index in [1.165, 1.54) is 11.3 Å². The zero-order valence-corrected chi connectivity index (χ0v) is 10.5. The van der Waals surface area contributed by atoms with Crippen molar-refractivity contribution in [2.45, 2.75) is 13.5 Å². The molecule has 92 valence electrons. The summed E-state index contributed by atoms with van der Waals surface area (Å²) in [4.78, 5) is 19.3. The number of rotatable bonds is 3. The van der Waals surface area contributed by atoms with Crippen LogP contribution in [0.3, 0.4) is 0 Å². The molecule has 0 radical (unpaired) electrons. The second kappa shape index (κ2) is 4.89. The Morgan fingerprint density at radius 2 is 2.50 bits per heavy atom. The van der Waals surface area contributed by atoms with Gasteiger partial charge in [-0.05, 0) is 18.6 Å². The molecule has 0 spiro atoms. The van der Waals surface area contributed by atoms with Crippen molar-refractivity contribution in [3.63, 3.8) is 0 Å². The van der Waals surface area contributed by atoms with Crippen LogP contribution in [0.15, 0.2) is 12.3 Å². The van der Waals surface area contributed by atoms with E-state index < -0.39 is 0 Å². The van der Waals surface area contributed by atoms with Gasteiger partial charge in [0.1, 0.15) is 17.5 Å². The lowest BCUT2D eigenvalue weighted by molar-refractivity contribution is 0.0947. The Hall–Kier alpha value is -2.33. The summed E-state index contributed by atoms with van der Waals surface area (Å²) in [6.45, 7) is 2.14. The van der Waals surface area contributed by atoms with Crippen LogP contribution in [0.1, 0.15) is 26.6 Å². The number of carbonyl (C=O) groups excluding carboxylic acids is 1. The van der Waals surface area contributed by atoms with Gasteiger partial charge in [0.15, 0.2) is 5.13 Å². The topological polar surface area (TPSA) is 108 Å². The lowest BCUT2D eigenvalue weighted by Gasteiger charge is -2.00. The molecule has 0 atom stereocenters. The van der Waals surface area contributed by atoms with Crippen LogP contribution >= 0.6 is 11.3 Å². The molecule has 0 saturated heterocycles. The Bertz CT molecular complexity index is 622. The number of aromatic amines is 1. The number of hydrogen-bond acceptors (Lipinski definition) is 5. The van der Waals surface area contributed by atoms with E-state index >= 15 is 0 Å². The largest absolute Gasteiger partial charge is 0.375 e. The Kier molecular flexibility index (Phi) is 3.30. The number of amides is 1. The van der Waals surface area contributed by atoms with Gasteiger partial charge in [-0.2, -0.15) is 5.26 Å². The number of nitriles is 1. The Labute approximate surface area is 107 Å². The Morgan fingerprint density at radius 1 is 1.72 bits per heavy atom.